The standard InChI is InChI=1S/C19H18ClN5O2S/c1-2-25-18(13-4-3-5-14(20)10-13)23-24-19(25)28-11-16(26)22-15-8-6-12(7-9-15)17(21)27/h3-10H,2,11H2,1H3,(H2,21,27)(H,22,26). The third-order valence-corrected chi connectivity index (χ3v) is 5.10. The van der Waals surface area contributed by atoms with Crippen molar-refractivity contribution in [2.45, 2.75) is 18.6 Å². The number of nitrogens with two attached hydrogens (primary N) is 1. The molecule has 0 atom stereocenters. The maximum atomic E-state index is 12.2. The second-order valence-corrected chi connectivity index (χ2v) is 7.22. The molecule has 0 radical (unpaired) electrons. The topological polar surface area (TPSA) is 103 Å². The molecule has 7 nitrogen and oxygen atoms in total. The summed E-state index contributed by atoms with van der Waals surface area (Å²) < 4.78 is 1.94. The van der Waals surface area contributed by atoms with Crippen molar-refractivity contribution in [1.29, 1.82) is 0 Å². The minimum Gasteiger partial charge on any atom is -0.366 e. The van der Waals surface area contributed by atoms with Gasteiger partial charge >= 0.3 is 0 Å². The monoisotopic (exact) mass is 415 g/mol. The van der Waals surface area contributed by atoms with Gasteiger partial charge in [0.05, 0.1) is 5.75 Å². The first kappa shape index (κ1) is 19.9. The van der Waals surface area contributed by atoms with Crippen LogP contribution in [-0.4, -0.2) is 32.3 Å². The van der Waals surface area contributed by atoms with Gasteiger partial charge in [-0.05, 0) is 43.3 Å². The van der Waals surface area contributed by atoms with E-state index in [4.69, 9.17) is 17.3 Å². The van der Waals surface area contributed by atoms with Crippen LogP contribution in [0.25, 0.3) is 11.4 Å². The fraction of sp³-hybridized carbons (Fsp3) is 0.158. The van der Waals surface area contributed by atoms with Crippen LogP contribution in [0.5, 0.6) is 0 Å². The first-order chi connectivity index (χ1) is 13.5. The van der Waals surface area contributed by atoms with Gasteiger partial charge in [0.2, 0.25) is 11.8 Å². The van der Waals surface area contributed by atoms with E-state index < -0.39 is 5.91 Å². The third kappa shape index (κ3) is 4.71. The number of nitrogens with one attached hydrogen (secondary N) is 1. The molecule has 28 heavy (non-hydrogen) atoms. The van der Waals surface area contributed by atoms with Crippen molar-refractivity contribution in [2.75, 3.05) is 11.1 Å². The van der Waals surface area contributed by atoms with E-state index in [-0.39, 0.29) is 11.7 Å². The minimum absolute atomic E-state index is 0.172. The summed E-state index contributed by atoms with van der Waals surface area (Å²) in [6.07, 6.45) is 0. The number of hydrogen-bond acceptors (Lipinski definition) is 5. The molecule has 0 saturated heterocycles. The number of carbonyl (C=O) groups is 2. The van der Waals surface area contributed by atoms with Crippen LogP contribution in [-0.2, 0) is 11.3 Å². The van der Waals surface area contributed by atoms with Crippen molar-refractivity contribution in [3.8, 4) is 11.4 Å². The van der Waals surface area contributed by atoms with Gasteiger partial charge in [-0.3, -0.25) is 9.59 Å². The van der Waals surface area contributed by atoms with Gasteiger partial charge in [0.15, 0.2) is 11.0 Å². The molecule has 2 amide bonds. The number of halogens is 1. The number of carbonyl (C=O) groups excluding carboxylic acids is 2. The van der Waals surface area contributed by atoms with Crippen molar-refractivity contribution in [1.82, 2.24) is 14.8 Å². The Balaban J connectivity index is 1.65. The maximum absolute atomic E-state index is 12.2. The first-order valence-corrected chi connectivity index (χ1v) is 9.86. The molecule has 9 heteroatoms. The molecule has 3 rings (SSSR count). The Morgan fingerprint density at radius 1 is 1.18 bits per heavy atom. The molecule has 0 aliphatic heterocycles. The Bertz CT molecular complexity index is 1000. The van der Waals surface area contributed by atoms with E-state index in [1.807, 2.05) is 29.7 Å². The summed E-state index contributed by atoms with van der Waals surface area (Å²) >= 11 is 7.36. The second kappa shape index (κ2) is 8.90. The van der Waals surface area contributed by atoms with Crippen LogP contribution in [0.1, 0.15) is 17.3 Å². The lowest BCUT2D eigenvalue weighted by Gasteiger charge is -2.08. The first-order valence-electron chi connectivity index (χ1n) is 8.49. The zero-order chi connectivity index (χ0) is 20.1. The Labute approximate surface area is 171 Å². The number of hydrogen-bond donors (Lipinski definition) is 2. The van der Waals surface area contributed by atoms with E-state index in [0.29, 0.717) is 33.8 Å². The molecule has 0 aliphatic carbocycles. The predicted molar refractivity (Wildman–Crippen MR) is 110 cm³/mol. The lowest BCUT2D eigenvalue weighted by molar-refractivity contribution is -0.113. The Hall–Kier alpha value is -2.84. The predicted octanol–water partition coefficient (Wildman–Crippen LogP) is 3.45. The van der Waals surface area contributed by atoms with Gasteiger partial charge in [0.25, 0.3) is 0 Å². The summed E-state index contributed by atoms with van der Waals surface area (Å²) in [7, 11) is 0. The maximum Gasteiger partial charge on any atom is 0.248 e. The number of aromatic nitrogens is 3. The van der Waals surface area contributed by atoms with E-state index >= 15 is 0 Å². The minimum atomic E-state index is -0.511. The van der Waals surface area contributed by atoms with E-state index in [1.54, 1.807) is 30.3 Å². The summed E-state index contributed by atoms with van der Waals surface area (Å²) in [5.41, 5.74) is 7.05. The van der Waals surface area contributed by atoms with Crippen molar-refractivity contribution in [3.63, 3.8) is 0 Å². The largest absolute Gasteiger partial charge is 0.366 e. The summed E-state index contributed by atoms with van der Waals surface area (Å²) in [5, 5.41) is 12.5. The van der Waals surface area contributed by atoms with Crippen LogP contribution in [0.2, 0.25) is 5.02 Å². The van der Waals surface area contributed by atoms with Crippen molar-refractivity contribution >= 4 is 40.9 Å². The summed E-state index contributed by atoms with van der Waals surface area (Å²) in [5.74, 6) is 0.176. The molecule has 3 aromatic rings. The number of thioether (sulfide) groups is 1. The Kier molecular flexibility index (Phi) is 6.33. The quantitative estimate of drug-likeness (QED) is 0.575. The van der Waals surface area contributed by atoms with Crippen LogP contribution in [0.4, 0.5) is 5.69 Å². The number of rotatable bonds is 7. The highest BCUT2D eigenvalue weighted by atomic mass is 35.5. The molecule has 1 aromatic heterocycles. The fourth-order valence-electron chi connectivity index (χ4n) is 2.57. The highest BCUT2D eigenvalue weighted by Crippen LogP contribution is 2.26. The van der Waals surface area contributed by atoms with Crippen LogP contribution >= 0.6 is 23.4 Å². The Morgan fingerprint density at radius 2 is 1.93 bits per heavy atom. The van der Waals surface area contributed by atoms with Gasteiger partial charge in [-0.2, -0.15) is 0 Å². The number of benzene rings is 2. The lowest BCUT2D eigenvalue weighted by Crippen LogP contribution is -2.15. The third-order valence-electron chi connectivity index (χ3n) is 3.90. The van der Waals surface area contributed by atoms with E-state index in [1.165, 1.54) is 11.8 Å². The SMILES string of the molecule is CCn1c(SCC(=O)Nc2ccc(C(N)=O)cc2)nnc1-c1cccc(Cl)c1. The van der Waals surface area contributed by atoms with Gasteiger partial charge in [-0.25, -0.2) is 0 Å². The average Bonchev–Trinajstić information content (AvgIpc) is 3.09. The lowest BCUT2D eigenvalue weighted by atomic mass is 10.2. The molecule has 0 aliphatic rings. The molecule has 144 valence electrons. The van der Waals surface area contributed by atoms with Crippen LogP contribution in [0, 0.1) is 0 Å². The van der Waals surface area contributed by atoms with E-state index in [2.05, 4.69) is 15.5 Å². The number of primary amides is 1. The molecule has 1 heterocycles. The van der Waals surface area contributed by atoms with Crippen molar-refractivity contribution < 1.29 is 9.59 Å². The number of anilines is 1. The molecule has 3 N–H and O–H groups in total. The van der Waals surface area contributed by atoms with Crippen molar-refractivity contribution in [3.05, 3.63) is 59.1 Å². The van der Waals surface area contributed by atoms with Gasteiger partial charge < -0.3 is 15.6 Å². The summed E-state index contributed by atoms with van der Waals surface area (Å²) in [6, 6.07) is 13.8. The summed E-state index contributed by atoms with van der Waals surface area (Å²) in [4.78, 5) is 23.3. The molecule has 0 fully saturated rings. The van der Waals surface area contributed by atoms with Crippen LogP contribution in [0.15, 0.2) is 53.7 Å². The molecule has 0 saturated carbocycles. The molecular formula is C19H18ClN5O2S. The molecular weight excluding hydrogens is 398 g/mol. The van der Waals surface area contributed by atoms with Gasteiger partial charge in [0, 0.05) is 28.4 Å². The highest BCUT2D eigenvalue weighted by Gasteiger charge is 2.15. The van der Waals surface area contributed by atoms with Crippen LogP contribution in [0.3, 0.4) is 0 Å². The van der Waals surface area contributed by atoms with Crippen LogP contribution < -0.4 is 11.1 Å². The smallest absolute Gasteiger partial charge is 0.248 e. The normalized spacial score (nSPS) is 10.6. The Morgan fingerprint density at radius 3 is 2.57 bits per heavy atom. The number of nitrogens with zero attached hydrogens (tertiary/aromatic N) is 3. The fourth-order valence-corrected chi connectivity index (χ4v) is 3.56. The van der Waals surface area contributed by atoms with Gasteiger partial charge in [-0.1, -0.05) is 35.5 Å². The average molecular weight is 416 g/mol. The second-order valence-electron chi connectivity index (χ2n) is 5.84. The van der Waals surface area contributed by atoms with E-state index in [9.17, 15) is 9.59 Å². The zero-order valence-electron chi connectivity index (χ0n) is 15.1. The van der Waals surface area contributed by atoms with Crippen molar-refractivity contribution in [2.24, 2.45) is 5.73 Å². The van der Waals surface area contributed by atoms with Gasteiger partial charge in [0.1, 0.15) is 0 Å². The molecule has 2 aromatic carbocycles. The molecule has 0 bridgehead atoms. The summed E-state index contributed by atoms with van der Waals surface area (Å²) in [6.45, 7) is 2.65. The molecule has 0 unspecified atom stereocenters. The van der Waals surface area contributed by atoms with E-state index in [0.717, 1.165) is 5.56 Å². The number of amides is 2. The van der Waals surface area contributed by atoms with Gasteiger partial charge in [-0.15, -0.1) is 10.2 Å². The zero-order valence-corrected chi connectivity index (χ0v) is 16.6. The highest BCUT2D eigenvalue weighted by molar-refractivity contribution is 7.99. The molecule has 0 spiro atoms.